The Bertz CT molecular complexity index is 701. The molecule has 2 aliphatic rings. The molecule has 2 aliphatic carbocycles. The van der Waals surface area contributed by atoms with Gasteiger partial charge in [0.25, 0.3) is 0 Å². The van der Waals surface area contributed by atoms with Crippen LogP contribution in [0.2, 0.25) is 0 Å². The highest BCUT2D eigenvalue weighted by atomic mass is 127. The topological polar surface area (TPSA) is 9.23 Å². The second kappa shape index (κ2) is 6.62. The highest BCUT2D eigenvalue weighted by Crippen LogP contribution is 2.38. The summed E-state index contributed by atoms with van der Waals surface area (Å²) in [7, 11) is 0. The van der Waals surface area contributed by atoms with Gasteiger partial charge >= 0.3 is 6.11 Å². The Morgan fingerprint density at radius 3 is 2.12 bits per heavy atom. The Kier molecular flexibility index (Phi) is 5.28. The van der Waals surface area contributed by atoms with Crippen LogP contribution in [0.15, 0.2) is 71.1 Å². The predicted molar refractivity (Wildman–Crippen MR) is 104 cm³/mol. The molecule has 0 amide bonds. The summed E-state index contributed by atoms with van der Waals surface area (Å²) >= 11 is 2.21. The lowest BCUT2D eigenvalue weighted by Crippen LogP contribution is -2.24. The third kappa shape index (κ3) is 5.16. The minimum Gasteiger partial charge on any atom is -0.429 e. The summed E-state index contributed by atoms with van der Waals surface area (Å²) < 4.78 is 34.3. The molecule has 1 nitrogen and oxygen atoms in total. The second-order valence-electron chi connectivity index (χ2n) is 7.18. The summed E-state index contributed by atoms with van der Waals surface area (Å²) in [5.41, 5.74) is 1.38. The van der Waals surface area contributed by atoms with E-state index in [4.69, 9.17) is 4.74 Å². The molecule has 0 radical (unpaired) electrons. The zero-order valence-electron chi connectivity index (χ0n) is 14.7. The summed E-state index contributed by atoms with van der Waals surface area (Å²) in [5, 5.41) is 0. The van der Waals surface area contributed by atoms with Gasteiger partial charge in [0.2, 0.25) is 0 Å². The van der Waals surface area contributed by atoms with Crippen LogP contribution in [0.25, 0.3) is 0 Å². The summed E-state index contributed by atoms with van der Waals surface area (Å²) in [6, 6.07) is 0. The van der Waals surface area contributed by atoms with E-state index in [9.17, 15) is 8.78 Å². The van der Waals surface area contributed by atoms with E-state index in [1.807, 2.05) is 46.8 Å². The molecule has 1 unspecified atom stereocenters. The molecule has 0 aromatic heterocycles. The lowest BCUT2D eigenvalue weighted by molar-refractivity contribution is -0.177. The standard InChI is InChI=1S/C20H23F2IO/c1-14-6-8-16(12-18(3,4)10-14)20(21,22)24-17-9-7-15(2)11-19(5,23)13-17/h6-13H,1-5H3. The van der Waals surface area contributed by atoms with Crippen molar-refractivity contribution in [2.24, 2.45) is 5.41 Å². The Morgan fingerprint density at radius 1 is 0.875 bits per heavy atom. The molecule has 0 saturated carbocycles. The van der Waals surface area contributed by atoms with Crippen LogP contribution in [0.3, 0.4) is 0 Å². The van der Waals surface area contributed by atoms with Gasteiger partial charge < -0.3 is 4.74 Å². The van der Waals surface area contributed by atoms with Gasteiger partial charge in [0.15, 0.2) is 0 Å². The van der Waals surface area contributed by atoms with Crippen LogP contribution >= 0.6 is 22.6 Å². The molecule has 1 atom stereocenters. The lowest BCUT2D eigenvalue weighted by Gasteiger charge is -2.23. The number of hydrogen-bond acceptors (Lipinski definition) is 1. The predicted octanol–water partition coefficient (Wildman–Crippen LogP) is 6.66. The maximum atomic E-state index is 14.8. The zero-order valence-corrected chi connectivity index (χ0v) is 16.8. The molecule has 0 N–H and O–H groups in total. The number of halogens is 3. The van der Waals surface area contributed by atoms with Gasteiger partial charge in [-0.1, -0.05) is 78.0 Å². The maximum absolute atomic E-state index is 14.8. The van der Waals surface area contributed by atoms with Gasteiger partial charge in [0.1, 0.15) is 5.76 Å². The van der Waals surface area contributed by atoms with Crippen molar-refractivity contribution in [3.63, 3.8) is 0 Å². The smallest absolute Gasteiger partial charge is 0.426 e. The normalized spacial score (nSPS) is 26.7. The first-order chi connectivity index (χ1) is 10.9. The lowest BCUT2D eigenvalue weighted by atomic mass is 9.90. The van der Waals surface area contributed by atoms with Crippen molar-refractivity contribution in [3.8, 4) is 0 Å². The van der Waals surface area contributed by atoms with Crippen LogP contribution in [0, 0.1) is 5.41 Å². The molecule has 0 spiro atoms. The van der Waals surface area contributed by atoms with Gasteiger partial charge in [0.05, 0.1) is 8.99 Å². The highest BCUT2D eigenvalue weighted by molar-refractivity contribution is 14.1. The number of hydrogen-bond donors (Lipinski definition) is 0. The Morgan fingerprint density at radius 2 is 1.46 bits per heavy atom. The molecule has 0 fully saturated rings. The number of alkyl halides is 3. The van der Waals surface area contributed by atoms with Crippen molar-refractivity contribution in [1.82, 2.24) is 0 Å². The van der Waals surface area contributed by atoms with E-state index in [0.717, 1.165) is 11.1 Å². The highest BCUT2D eigenvalue weighted by Gasteiger charge is 2.38. The summed E-state index contributed by atoms with van der Waals surface area (Å²) in [6.45, 7) is 9.60. The first-order valence-electron chi connectivity index (χ1n) is 7.86. The summed E-state index contributed by atoms with van der Waals surface area (Å²) in [5.74, 6) is 0.172. The fourth-order valence-electron chi connectivity index (χ4n) is 2.87. The molecule has 0 heterocycles. The molecule has 24 heavy (non-hydrogen) atoms. The minimum absolute atomic E-state index is 0.126. The Balaban J connectivity index is 2.32. The van der Waals surface area contributed by atoms with Gasteiger partial charge in [-0.05, 0) is 39.0 Å². The fraction of sp³-hybridized carbons (Fsp3) is 0.400. The van der Waals surface area contributed by atoms with E-state index in [1.165, 1.54) is 6.08 Å². The van der Waals surface area contributed by atoms with Crippen LogP contribution in [0.4, 0.5) is 8.78 Å². The first-order valence-corrected chi connectivity index (χ1v) is 8.93. The molecule has 0 aromatic carbocycles. The van der Waals surface area contributed by atoms with Gasteiger partial charge in [-0.15, -0.1) is 0 Å². The molecular formula is C20H23F2IO. The number of ether oxygens (including phenoxy) is 1. The molecule has 0 bridgehead atoms. The van der Waals surface area contributed by atoms with Crippen molar-refractivity contribution in [2.75, 3.05) is 0 Å². The van der Waals surface area contributed by atoms with E-state index >= 15 is 0 Å². The average molecular weight is 444 g/mol. The first kappa shape index (κ1) is 19.2. The number of rotatable bonds is 3. The molecular weight excluding hydrogens is 421 g/mol. The molecule has 130 valence electrons. The van der Waals surface area contributed by atoms with Gasteiger partial charge in [-0.3, -0.25) is 0 Å². The van der Waals surface area contributed by atoms with Gasteiger partial charge in [0, 0.05) is 5.41 Å². The number of allylic oxidation sites excluding steroid dienone is 9. The van der Waals surface area contributed by atoms with Crippen molar-refractivity contribution in [3.05, 3.63) is 71.1 Å². The molecule has 0 aromatic rings. The van der Waals surface area contributed by atoms with Crippen molar-refractivity contribution in [1.29, 1.82) is 0 Å². The van der Waals surface area contributed by atoms with Crippen molar-refractivity contribution < 1.29 is 13.5 Å². The van der Waals surface area contributed by atoms with Crippen LogP contribution in [0.5, 0.6) is 0 Å². The Hall–Kier alpha value is -1.17. The molecule has 4 heteroatoms. The quantitative estimate of drug-likeness (QED) is 0.350. The Labute approximate surface area is 156 Å². The molecule has 2 rings (SSSR count). The van der Waals surface area contributed by atoms with Crippen LogP contribution in [-0.4, -0.2) is 9.53 Å². The third-order valence-electron chi connectivity index (χ3n) is 3.68. The van der Waals surface area contributed by atoms with Crippen LogP contribution in [-0.2, 0) is 4.74 Å². The summed E-state index contributed by atoms with van der Waals surface area (Å²) in [4.78, 5) is 0. The fourth-order valence-corrected chi connectivity index (χ4v) is 3.67. The van der Waals surface area contributed by atoms with E-state index in [0.29, 0.717) is 0 Å². The van der Waals surface area contributed by atoms with E-state index in [1.54, 1.807) is 30.4 Å². The maximum Gasteiger partial charge on any atom is 0.426 e. The van der Waals surface area contributed by atoms with E-state index in [2.05, 4.69) is 22.6 Å². The molecule has 0 saturated heterocycles. The largest absolute Gasteiger partial charge is 0.429 e. The van der Waals surface area contributed by atoms with Crippen molar-refractivity contribution in [2.45, 2.75) is 44.1 Å². The van der Waals surface area contributed by atoms with Crippen molar-refractivity contribution >= 4 is 22.6 Å². The van der Waals surface area contributed by atoms with Gasteiger partial charge in [-0.2, -0.15) is 8.78 Å². The minimum atomic E-state index is -3.40. The second-order valence-corrected chi connectivity index (χ2v) is 9.51. The zero-order chi connectivity index (χ0) is 18.2. The third-order valence-corrected chi connectivity index (χ3v) is 4.30. The van der Waals surface area contributed by atoms with E-state index in [-0.39, 0.29) is 14.8 Å². The van der Waals surface area contributed by atoms with E-state index < -0.39 is 11.5 Å². The summed E-state index contributed by atoms with van der Waals surface area (Å²) in [6.07, 6.45) is 10.4. The SMILES string of the molecule is CC1=CC(C)(C)C=C(C(F)(F)OC2=CC(C)(I)C=C(C)C=C2)C=C1. The van der Waals surface area contributed by atoms with Gasteiger partial charge in [-0.25, -0.2) is 0 Å². The monoisotopic (exact) mass is 444 g/mol. The average Bonchev–Trinajstić information content (AvgIpc) is 2.59. The van der Waals surface area contributed by atoms with Crippen LogP contribution < -0.4 is 0 Å². The van der Waals surface area contributed by atoms with Crippen LogP contribution in [0.1, 0.15) is 34.6 Å². The molecule has 0 aliphatic heterocycles.